The molecule has 2 N–H and O–H groups in total. The van der Waals surface area contributed by atoms with Gasteiger partial charge < -0.3 is 10.6 Å². The number of aromatic nitrogens is 2. The third-order valence-corrected chi connectivity index (χ3v) is 3.77. The molecule has 5 nitrogen and oxygen atoms in total. The maximum Gasteiger partial charge on any atom is 0.226 e. The molecule has 1 aromatic heterocycles. The number of carbonyl (C=O) groups is 1. The molecule has 1 fully saturated rings. The zero-order valence-electron chi connectivity index (χ0n) is 9.49. The van der Waals surface area contributed by atoms with Crippen molar-refractivity contribution in [2.45, 2.75) is 26.3 Å². The summed E-state index contributed by atoms with van der Waals surface area (Å²) in [5, 5.41) is 16.0. The molecule has 0 aliphatic carbocycles. The van der Waals surface area contributed by atoms with Gasteiger partial charge in [-0.05, 0) is 0 Å². The number of hydrogen-bond donors (Lipinski definition) is 2. The van der Waals surface area contributed by atoms with Crippen molar-refractivity contribution in [2.75, 3.05) is 13.1 Å². The van der Waals surface area contributed by atoms with Crippen molar-refractivity contribution < 1.29 is 4.79 Å². The molecule has 0 spiro atoms. The van der Waals surface area contributed by atoms with Gasteiger partial charge in [-0.2, -0.15) is 0 Å². The molecule has 1 aliphatic rings. The number of nitrogens with zero attached hydrogens (tertiary/aromatic N) is 2. The highest BCUT2D eigenvalue weighted by atomic mass is 32.1. The van der Waals surface area contributed by atoms with E-state index >= 15 is 0 Å². The lowest BCUT2D eigenvalue weighted by molar-refractivity contribution is -0.126. The monoisotopic (exact) mass is 240 g/mol. The largest absolute Gasteiger partial charge is 0.349 e. The molecule has 0 unspecified atom stereocenters. The Morgan fingerprint density at radius 2 is 2.31 bits per heavy atom. The van der Waals surface area contributed by atoms with Gasteiger partial charge in [0.25, 0.3) is 0 Å². The Balaban J connectivity index is 1.82. The van der Waals surface area contributed by atoms with Crippen LogP contribution in [0.1, 0.15) is 29.8 Å². The third-order valence-electron chi connectivity index (χ3n) is 2.54. The molecular weight excluding hydrogens is 224 g/mol. The van der Waals surface area contributed by atoms with Crippen molar-refractivity contribution in [3.63, 3.8) is 0 Å². The zero-order chi connectivity index (χ0) is 11.5. The Kier molecular flexibility index (Phi) is 3.50. The van der Waals surface area contributed by atoms with Gasteiger partial charge in [0.05, 0.1) is 12.5 Å². The van der Waals surface area contributed by atoms with Gasteiger partial charge in [0.15, 0.2) is 0 Å². The molecule has 0 saturated carbocycles. The van der Waals surface area contributed by atoms with Gasteiger partial charge in [-0.25, -0.2) is 0 Å². The van der Waals surface area contributed by atoms with Crippen LogP contribution in [0.5, 0.6) is 0 Å². The molecule has 1 aromatic rings. The molecule has 6 heteroatoms. The molecule has 1 saturated heterocycles. The maximum absolute atomic E-state index is 11.5. The van der Waals surface area contributed by atoms with E-state index in [-0.39, 0.29) is 11.8 Å². The SMILES string of the molecule is CC(C)c1nnc(CNC(=O)C2CNC2)s1. The van der Waals surface area contributed by atoms with Crippen molar-refractivity contribution in [2.24, 2.45) is 5.92 Å². The highest BCUT2D eigenvalue weighted by Crippen LogP contribution is 2.18. The molecule has 1 aliphatic heterocycles. The van der Waals surface area contributed by atoms with Crippen molar-refractivity contribution in [1.82, 2.24) is 20.8 Å². The summed E-state index contributed by atoms with van der Waals surface area (Å²) in [4.78, 5) is 11.5. The fourth-order valence-corrected chi connectivity index (χ4v) is 2.14. The minimum atomic E-state index is 0.111. The molecule has 0 aromatic carbocycles. The summed E-state index contributed by atoms with van der Waals surface area (Å²) in [7, 11) is 0. The first-order valence-electron chi connectivity index (χ1n) is 5.47. The Hall–Kier alpha value is -1.01. The fourth-order valence-electron chi connectivity index (χ4n) is 1.35. The standard InChI is InChI=1S/C10H16N4OS/c1-6(2)10-14-13-8(16-10)5-12-9(15)7-3-11-4-7/h6-7,11H,3-5H2,1-2H3,(H,12,15). The predicted molar refractivity (Wildman–Crippen MR) is 62.2 cm³/mol. The Labute approximate surface area is 98.7 Å². The second-order valence-electron chi connectivity index (χ2n) is 4.26. The zero-order valence-corrected chi connectivity index (χ0v) is 10.3. The lowest BCUT2D eigenvalue weighted by Gasteiger charge is -2.25. The number of amides is 1. The van der Waals surface area contributed by atoms with E-state index in [2.05, 4.69) is 34.7 Å². The molecule has 0 atom stereocenters. The average Bonchev–Trinajstić information content (AvgIpc) is 2.60. The van der Waals surface area contributed by atoms with Crippen LogP contribution in [0.4, 0.5) is 0 Å². The van der Waals surface area contributed by atoms with E-state index in [1.807, 2.05) is 0 Å². The molecule has 0 radical (unpaired) electrons. The number of carbonyl (C=O) groups excluding carboxylic acids is 1. The van der Waals surface area contributed by atoms with Crippen molar-refractivity contribution in [1.29, 1.82) is 0 Å². The topological polar surface area (TPSA) is 66.9 Å². The fraction of sp³-hybridized carbons (Fsp3) is 0.700. The van der Waals surface area contributed by atoms with Crippen LogP contribution in [-0.4, -0.2) is 29.2 Å². The molecule has 0 bridgehead atoms. The summed E-state index contributed by atoms with van der Waals surface area (Å²) in [6, 6.07) is 0. The number of hydrogen-bond acceptors (Lipinski definition) is 5. The van der Waals surface area contributed by atoms with Gasteiger partial charge in [-0.15, -0.1) is 10.2 Å². The van der Waals surface area contributed by atoms with Crippen LogP contribution >= 0.6 is 11.3 Å². The van der Waals surface area contributed by atoms with Gasteiger partial charge in [-0.1, -0.05) is 25.2 Å². The van der Waals surface area contributed by atoms with Crippen molar-refractivity contribution >= 4 is 17.2 Å². The molecular formula is C10H16N4OS. The summed E-state index contributed by atoms with van der Waals surface area (Å²) >= 11 is 1.57. The summed E-state index contributed by atoms with van der Waals surface area (Å²) in [6.07, 6.45) is 0. The maximum atomic E-state index is 11.5. The summed E-state index contributed by atoms with van der Waals surface area (Å²) < 4.78 is 0. The van der Waals surface area contributed by atoms with Gasteiger partial charge in [0, 0.05) is 19.0 Å². The van der Waals surface area contributed by atoms with E-state index in [0.717, 1.165) is 23.1 Å². The van der Waals surface area contributed by atoms with Crippen LogP contribution in [0.25, 0.3) is 0 Å². The first-order chi connectivity index (χ1) is 7.66. The van der Waals surface area contributed by atoms with Crippen LogP contribution in [0, 0.1) is 5.92 Å². The lowest BCUT2D eigenvalue weighted by Crippen LogP contribution is -2.50. The molecule has 1 amide bonds. The quantitative estimate of drug-likeness (QED) is 0.804. The van der Waals surface area contributed by atoms with Gasteiger partial charge in [0.1, 0.15) is 10.0 Å². The second-order valence-corrected chi connectivity index (χ2v) is 5.36. The summed E-state index contributed by atoms with van der Waals surface area (Å²) in [6.45, 7) is 6.25. The minimum absolute atomic E-state index is 0.111. The first kappa shape index (κ1) is 11.5. The Morgan fingerprint density at radius 1 is 1.56 bits per heavy atom. The van der Waals surface area contributed by atoms with E-state index in [0.29, 0.717) is 12.5 Å². The molecule has 16 heavy (non-hydrogen) atoms. The van der Waals surface area contributed by atoms with E-state index in [9.17, 15) is 4.79 Å². The van der Waals surface area contributed by atoms with Crippen LogP contribution < -0.4 is 10.6 Å². The van der Waals surface area contributed by atoms with Crippen LogP contribution in [0.2, 0.25) is 0 Å². The third kappa shape index (κ3) is 2.56. The average molecular weight is 240 g/mol. The van der Waals surface area contributed by atoms with E-state index in [1.54, 1.807) is 11.3 Å². The second kappa shape index (κ2) is 4.88. The minimum Gasteiger partial charge on any atom is -0.349 e. The first-order valence-corrected chi connectivity index (χ1v) is 6.29. The number of rotatable bonds is 4. The lowest BCUT2D eigenvalue weighted by atomic mass is 10.0. The smallest absolute Gasteiger partial charge is 0.226 e. The van der Waals surface area contributed by atoms with E-state index < -0.39 is 0 Å². The molecule has 2 rings (SSSR count). The van der Waals surface area contributed by atoms with Crippen LogP contribution in [0.3, 0.4) is 0 Å². The van der Waals surface area contributed by atoms with Gasteiger partial charge in [-0.3, -0.25) is 4.79 Å². The predicted octanol–water partition coefficient (Wildman–Crippen LogP) is 0.497. The van der Waals surface area contributed by atoms with E-state index in [1.165, 1.54) is 0 Å². The van der Waals surface area contributed by atoms with Crippen LogP contribution in [0.15, 0.2) is 0 Å². The normalized spacial score (nSPS) is 16.2. The summed E-state index contributed by atoms with van der Waals surface area (Å²) in [5.74, 6) is 0.648. The van der Waals surface area contributed by atoms with Gasteiger partial charge in [0.2, 0.25) is 5.91 Å². The Morgan fingerprint density at radius 3 is 2.81 bits per heavy atom. The van der Waals surface area contributed by atoms with Gasteiger partial charge >= 0.3 is 0 Å². The van der Waals surface area contributed by atoms with Crippen LogP contribution in [-0.2, 0) is 11.3 Å². The van der Waals surface area contributed by atoms with E-state index in [4.69, 9.17) is 0 Å². The molecule has 88 valence electrons. The van der Waals surface area contributed by atoms with Crippen molar-refractivity contribution in [3.05, 3.63) is 10.0 Å². The molecule has 2 heterocycles. The highest BCUT2D eigenvalue weighted by Gasteiger charge is 2.24. The number of nitrogens with one attached hydrogen (secondary N) is 2. The summed E-state index contributed by atoms with van der Waals surface area (Å²) in [5.41, 5.74) is 0. The highest BCUT2D eigenvalue weighted by molar-refractivity contribution is 7.11. The Bertz CT molecular complexity index is 373. The van der Waals surface area contributed by atoms with Crippen molar-refractivity contribution in [3.8, 4) is 0 Å².